The molecule has 0 aliphatic rings. The average molecular weight is 968 g/mol. The summed E-state index contributed by atoms with van der Waals surface area (Å²) in [5.41, 5.74) is 0. The topological polar surface area (TPSA) is 78.9 Å². The predicted octanol–water partition coefficient (Wildman–Crippen LogP) is 20.2. The van der Waals surface area contributed by atoms with Crippen LogP contribution in [0, 0.1) is 0 Å². The molecule has 6 nitrogen and oxygen atoms in total. The Labute approximate surface area is 428 Å². The van der Waals surface area contributed by atoms with E-state index in [1.807, 2.05) is 0 Å². The molecule has 0 aromatic rings. The van der Waals surface area contributed by atoms with Gasteiger partial charge in [-0.3, -0.25) is 14.4 Å². The molecule has 402 valence electrons. The smallest absolute Gasteiger partial charge is 0.306 e. The molecule has 0 saturated heterocycles. The van der Waals surface area contributed by atoms with Gasteiger partial charge in [-0.05, 0) is 77.0 Å². The van der Waals surface area contributed by atoms with Gasteiger partial charge in [0.1, 0.15) is 13.2 Å². The van der Waals surface area contributed by atoms with E-state index >= 15 is 0 Å². The molecule has 1 atom stereocenters. The normalized spacial score (nSPS) is 12.3. The number of esters is 3. The van der Waals surface area contributed by atoms with Crippen molar-refractivity contribution in [2.45, 2.75) is 322 Å². The van der Waals surface area contributed by atoms with Crippen molar-refractivity contribution in [1.82, 2.24) is 0 Å². The Hall–Kier alpha value is -2.63. The molecule has 0 fully saturated rings. The molecule has 6 heteroatoms. The van der Waals surface area contributed by atoms with Crippen LogP contribution in [0.2, 0.25) is 0 Å². The zero-order valence-electron chi connectivity index (χ0n) is 46.1. The molecule has 0 aliphatic heterocycles. The Morgan fingerprint density at radius 3 is 0.913 bits per heavy atom. The SMILES string of the molecule is CC/C=C\C/C=C\C/C=C\CCCCCCCCCCCC(=O)OCC(COC(=O)CCCCCCCCC/C=C\CCCCCC)OC(=O)CCCCCCCCCCCCCCCCCCC. The molecule has 0 N–H and O–H groups in total. The first-order chi connectivity index (χ1) is 34.0. The lowest BCUT2D eigenvalue weighted by Crippen LogP contribution is -2.30. The Bertz CT molecular complexity index is 1200. The van der Waals surface area contributed by atoms with E-state index in [9.17, 15) is 14.4 Å². The largest absolute Gasteiger partial charge is 0.462 e. The van der Waals surface area contributed by atoms with Crippen molar-refractivity contribution >= 4 is 17.9 Å². The molecular formula is C63H114O6. The van der Waals surface area contributed by atoms with Crippen LogP contribution >= 0.6 is 0 Å². The minimum absolute atomic E-state index is 0.0736. The van der Waals surface area contributed by atoms with Gasteiger partial charge in [0.25, 0.3) is 0 Å². The summed E-state index contributed by atoms with van der Waals surface area (Å²) in [6.45, 7) is 6.56. The van der Waals surface area contributed by atoms with Crippen LogP contribution < -0.4 is 0 Å². The number of unbranched alkanes of at least 4 members (excludes halogenated alkanes) is 36. The third-order valence-corrected chi connectivity index (χ3v) is 13.3. The van der Waals surface area contributed by atoms with Gasteiger partial charge in [-0.1, -0.05) is 268 Å². The molecular weight excluding hydrogens is 853 g/mol. The fraction of sp³-hybridized carbons (Fsp3) is 0.825. The molecule has 69 heavy (non-hydrogen) atoms. The number of hydrogen-bond acceptors (Lipinski definition) is 6. The van der Waals surface area contributed by atoms with Crippen molar-refractivity contribution < 1.29 is 28.6 Å². The number of carbonyl (C=O) groups is 3. The van der Waals surface area contributed by atoms with Crippen molar-refractivity contribution in [3.63, 3.8) is 0 Å². The van der Waals surface area contributed by atoms with E-state index in [4.69, 9.17) is 14.2 Å². The van der Waals surface area contributed by atoms with E-state index in [0.717, 1.165) is 77.0 Å². The molecule has 0 spiro atoms. The van der Waals surface area contributed by atoms with Gasteiger partial charge >= 0.3 is 17.9 Å². The summed E-state index contributed by atoms with van der Waals surface area (Å²) >= 11 is 0. The Morgan fingerprint density at radius 1 is 0.304 bits per heavy atom. The van der Waals surface area contributed by atoms with Crippen LogP contribution in [0.15, 0.2) is 48.6 Å². The van der Waals surface area contributed by atoms with Crippen LogP contribution in [0.1, 0.15) is 316 Å². The van der Waals surface area contributed by atoms with Gasteiger partial charge < -0.3 is 14.2 Å². The molecule has 0 aromatic heterocycles. The van der Waals surface area contributed by atoms with Crippen LogP contribution in [0.5, 0.6) is 0 Å². The first-order valence-corrected chi connectivity index (χ1v) is 30.1. The van der Waals surface area contributed by atoms with Crippen molar-refractivity contribution in [3.05, 3.63) is 48.6 Å². The van der Waals surface area contributed by atoms with E-state index in [1.54, 1.807) is 0 Å². The van der Waals surface area contributed by atoms with Crippen LogP contribution in [0.3, 0.4) is 0 Å². The lowest BCUT2D eigenvalue weighted by atomic mass is 10.0. The van der Waals surface area contributed by atoms with Crippen LogP contribution in [-0.2, 0) is 28.6 Å². The average Bonchev–Trinajstić information content (AvgIpc) is 3.35. The van der Waals surface area contributed by atoms with E-state index in [-0.39, 0.29) is 31.1 Å². The van der Waals surface area contributed by atoms with E-state index in [2.05, 4.69) is 69.4 Å². The van der Waals surface area contributed by atoms with Gasteiger partial charge in [-0.15, -0.1) is 0 Å². The first-order valence-electron chi connectivity index (χ1n) is 30.1. The summed E-state index contributed by atoms with van der Waals surface area (Å²) in [5, 5.41) is 0. The fourth-order valence-corrected chi connectivity index (χ4v) is 8.81. The molecule has 0 heterocycles. The molecule has 0 amide bonds. The zero-order valence-corrected chi connectivity index (χ0v) is 46.1. The number of ether oxygens (including phenoxy) is 3. The predicted molar refractivity (Wildman–Crippen MR) is 298 cm³/mol. The highest BCUT2D eigenvalue weighted by molar-refractivity contribution is 5.71. The molecule has 0 aromatic carbocycles. The second kappa shape index (κ2) is 57.9. The minimum Gasteiger partial charge on any atom is -0.462 e. The van der Waals surface area contributed by atoms with Crippen LogP contribution in [0.25, 0.3) is 0 Å². The molecule has 0 bridgehead atoms. The maximum absolute atomic E-state index is 12.9. The molecule has 0 radical (unpaired) electrons. The third-order valence-electron chi connectivity index (χ3n) is 13.3. The first kappa shape index (κ1) is 66.4. The zero-order chi connectivity index (χ0) is 50.0. The number of hydrogen-bond donors (Lipinski definition) is 0. The van der Waals surface area contributed by atoms with Gasteiger partial charge in [-0.25, -0.2) is 0 Å². The summed E-state index contributed by atoms with van der Waals surface area (Å²) in [6.07, 6.45) is 71.0. The van der Waals surface area contributed by atoms with E-state index in [0.29, 0.717) is 19.3 Å². The highest BCUT2D eigenvalue weighted by Gasteiger charge is 2.19. The molecule has 0 rings (SSSR count). The van der Waals surface area contributed by atoms with Gasteiger partial charge in [0.05, 0.1) is 0 Å². The number of carbonyl (C=O) groups excluding carboxylic acids is 3. The van der Waals surface area contributed by atoms with Crippen molar-refractivity contribution in [2.75, 3.05) is 13.2 Å². The quantitative estimate of drug-likeness (QED) is 0.0262. The lowest BCUT2D eigenvalue weighted by molar-refractivity contribution is -0.167. The fourth-order valence-electron chi connectivity index (χ4n) is 8.81. The maximum atomic E-state index is 12.9. The van der Waals surface area contributed by atoms with Gasteiger partial charge in [0, 0.05) is 19.3 Å². The second-order valence-electron chi connectivity index (χ2n) is 20.2. The van der Waals surface area contributed by atoms with Gasteiger partial charge in [0.15, 0.2) is 6.10 Å². The van der Waals surface area contributed by atoms with Crippen molar-refractivity contribution in [3.8, 4) is 0 Å². The second-order valence-corrected chi connectivity index (χ2v) is 20.2. The van der Waals surface area contributed by atoms with Gasteiger partial charge in [-0.2, -0.15) is 0 Å². The minimum atomic E-state index is -0.775. The molecule has 0 saturated carbocycles. The summed E-state index contributed by atoms with van der Waals surface area (Å²) in [6, 6.07) is 0. The number of rotatable bonds is 55. The maximum Gasteiger partial charge on any atom is 0.306 e. The standard InChI is InChI=1S/C63H114O6/c1-4-7-10-13-16-19-22-25-28-30-31-33-35-38-41-44-47-50-53-56-62(65)68-59-60(58-67-61(64)55-52-49-46-43-40-37-34-27-24-21-18-15-12-9-6-3)69-63(66)57-54-51-48-45-42-39-36-32-29-26-23-20-17-14-11-8-5-2/h7,10,16,19,21,24-25,28,60H,4-6,8-9,11-15,17-18,20,22-23,26-27,29-59H2,1-3H3/b10-7-,19-16-,24-21-,28-25-. The van der Waals surface area contributed by atoms with E-state index < -0.39 is 6.10 Å². The van der Waals surface area contributed by atoms with Gasteiger partial charge in [0.2, 0.25) is 0 Å². The summed E-state index contributed by atoms with van der Waals surface area (Å²) < 4.78 is 16.9. The highest BCUT2D eigenvalue weighted by Crippen LogP contribution is 2.17. The van der Waals surface area contributed by atoms with Crippen molar-refractivity contribution in [1.29, 1.82) is 0 Å². The van der Waals surface area contributed by atoms with Crippen molar-refractivity contribution in [2.24, 2.45) is 0 Å². The summed E-state index contributed by atoms with van der Waals surface area (Å²) in [5.74, 6) is -0.864. The Kier molecular flexibility index (Phi) is 55.7. The molecule has 0 aliphatic carbocycles. The van der Waals surface area contributed by atoms with Crippen LogP contribution in [0.4, 0.5) is 0 Å². The van der Waals surface area contributed by atoms with E-state index in [1.165, 1.54) is 199 Å². The summed E-state index contributed by atoms with van der Waals surface area (Å²) in [4.78, 5) is 38.2. The highest BCUT2D eigenvalue weighted by atomic mass is 16.6. The Balaban J connectivity index is 4.34. The lowest BCUT2D eigenvalue weighted by Gasteiger charge is -2.18. The van der Waals surface area contributed by atoms with Crippen LogP contribution in [-0.4, -0.2) is 37.2 Å². The monoisotopic (exact) mass is 967 g/mol. The summed E-state index contributed by atoms with van der Waals surface area (Å²) in [7, 11) is 0. The third kappa shape index (κ3) is 56.2. The number of allylic oxidation sites excluding steroid dienone is 8. The Morgan fingerprint density at radius 2 is 0.565 bits per heavy atom. The molecule has 1 unspecified atom stereocenters.